The number of benzene rings is 1. The maximum Gasteiger partial charge on any atom is 0.228 e. The van der Waals surface area contributed by atoms with Gasteiger partial charge >= 0.3 is 0 Å². The van der Waals surface area contributed by atoms with Gasteiger partial charge in [0.2, 0.25) is 5.63 Å². The number of rotatable bonds is 3. The normalized spacial score (nSPS) is 10.3. The zero-order valence-corrected chi connectivity index (χ0v) is 15.0. The van der Waals surface area contributed by atoms with Crippen molar-refractivity contribution >= 4 is 11.9 Å². The van der Waals surface area contributed by atoms with Gasteiger partial charge < -0.3 is 9.21 Å². The molecule has 0 saturated carbocycles. The van der Waals surface area contributed by atoms with Crippen LogP contribution in [-0.4, -0.2) is 5.78 Å². The van der Waals surface area contributed by atoms with Crippen molar-refractivity contribution in [3.8, 4) is 0 Å². The van der Waals surface area contributed by atoms with Crippen molar-refractivity contribution < 1.29 is 44.8 Å². The van der Waals surface area contributed by atoms with Crippen LogP contribution in [0, 0.1) is 55.7 Å². The van der Waals surface area contributed by atoms with Crippen LogP contribution in [0.15, 0.2) is 45.6 Å². The van der Waals surface area contributed by atoms with Crippen LogP contribution in [0.4, 0.5) is 0 Å². The Bertz CT molecular complexity index is 685. The first-order valence-corrected chi connectivity index (χ1v) is 5.89. The average molecular weight is 392 g/mol. The molecule has 4 heteroatoms. The van der Waals surface area contributed by atoms with Crippen LogP contribution in [0.25, 0.3) is 6.08 Å². The van der Waals surface area contributed by atoms with E-state index in [9.17, 15) is 9.59 Å². The quantitative estimate of drug-likeness (QED) is 0.459. The van der Waals surface area contributed by atoms with Crippen LogP contribution in [0.1, 0.15) is 27.0 Å². The van der Waals surface area contributed by atoms with Gasteiger partial charge in [0.15, 0.2) is 5.78 Å². The van der Waals surface area contributed by atoms with E-state index in [0.29, 0.717) is 11.1 Å². The van der Waals surface area contributed by atoms with E-state index in [-0.39, 0.29) is 46.9 Å². The first-order valence-electron chi connectivity index (χ1n) is 5.89. The molecule has 2 rings (SSSR count). The van der Waals surface area contributed by atoms with Crippen molar-refractivity contribution in [1.29, 1.82) is 0 Å². The summed E-state index contributed by atoms with van der Waals surface area (Å²) in [6.07, 6.45) is 5.53. The van der Waals surface area contributed by atoms with Gasteiger partial charge in [0.05, 0.1) is 0 Å². The van der Waals surface area contributed by atoms with Crippen LogP contribution in [0.2, 0.25) is 0 Å². The molecule has 99 valence electrons. The summed E-state index contributed by atoms with van der Waals surface area (Å²) in [5, 5.41) is 0. The molecule has 20 heavy (non-hydrogen) atoms. The molecular formula is C16H13LaO3-. The molecule has 0 aliphatic rings. The first-order chi connectivity index (χ1) is 9.09. The van der Waals surface area contributed by atoms with Crippen LogP contribution < -0.4 is 5.63 Å². The molecule has 0 aliphatic carbocycles. The van der Waals surface area contributed by atoms with Crippen LogP contribution in [0.3, 0.4) is 0 Å². The van der Waals surface area contributed by atoms with E-state index in [1.807, 2.05) is 30.3 Å². The maximum atomic E-state index is 12.1. The fourth-order valence-corrected chi connectivity index (χ4v) is 1.70. The minimum Gasteiger partial charge on any atom is -0.552 e. The molecule has 3 nitrogen and oxygen atoms in total. The number of aryl methyl sites for hydroxylation is 1. The molecule has 0 spiro atoms. The number of allylic oxidation sites excluding steroid dienone is 1. The SMILES string of the molecule is Cc1[c-]oc(=O)c(C(=O)/C=C/c2ccccc2)c1C.[La]. The molecule has 0 unspecified atom stereocenters. The third-order valence-electron chi connectivity index (χ3n) is 2.91. The van der Waals surface area contributed by atoms with Crippen molar-refractivity contribution in [3.05, 3.63) is 75.3 Å². The van der Waals surface area contributed by atoms with Crippen LogP contribution >= 0.6 is 0 Å². The van der Waals surface area contributed by atoms with E-state index in [2.05, 4.69) is 6.26 Å². The van der Waals surface area contributed by atoms with Crippen molar-refractivity contribution in [2.75, 3.05) is 0 Å². The van der Waals surface area contributed by atoms with E-state index < -0.39 is 5.63 Å². The van der Waals surface area contributed by atoms with Gasteiger partial charge in [0.25, 0.3) is 0 Å². The molecule has 0 N–H and O–H groups in total. The number of hydrogen-bond acceptors (Lipinski definition) is 3. The average Bonchev–Trinajstić information content (AvgIpc) is 2.42. The predicted molar refractivity (Wildman–Crippen MR) is 73.1 cm³/mol. The molecule has 0 bridgehead atoms. The molecule has 1 heterocycles. The Hall–Kier alpha value is -1.23. The van der Waals surface area contributed by atoms with Gasteiger partial charge in [0.1, 0.15) is 0 Å². The Balaban J connectivity index is 0.00000200. The summed E-state index contributed by atoms with van der Waals surface area (Å²) in [4.78, 5) is 23.6. The molecule has 2 aromatic rings. The molecule has 1 radical (unpaired) electrons. The van der Waals surface area contributed by atoms with Gasteiger partial charge in [-0.3, -0.25) is 4.79 Å². The van der Waals surface area contributed by atoms with Crippen LogP contribution in [0.5, 0.6) is 0 Å². The molecule has 0 fully saturated rings. The van der Waals surface area contributed by atoms with Gasteiger partial charge in [-0.05, 0) is 17.2 Å². The number of ketones is 1. The third kappa shape index (κ3) is 3.89. The topological polar surface area (TPSA) is 47.3 Å². The van der Waals surface area contributed by atoms with Gasteiger partial charge in [-0.2, -0.15) is 0 Å². The van der Waals surface area contributed by atoms with Gasteiger partial charge in [0, 0.05) is 41.9 Å². The van der Waals surface area contributed by atoms with E-state index >= 15 is 0 Å². The fourth-order valence-electron chi connectivity index (χ4n) is 1.70. The molecule has 1 aromatic carbocycles. The standard InChI is InChI=1S/C16H13O3.La/c1-11-10-19-16(18)15(12(11)2)14(17)9-8-13-6-4-3-5-7-13;/h3-9H,1-2H3;/q-1;/b9-8+;. The molecule has 1 aromatic heterocycles. The summed E-state index contributed by atoms with van der Waals surface area (Å²) in [6, 6.07) is 9.41. The summed E-state index contributed by atoms with van der Waals surface area (Å²) >= 11 is 0. The van der Waals surface area contributed by atoms with E-state index in [1.54, 1.807) is 19.9 Å². The smallest absolute Gasteiger partial charge is 0.228 e. The van der Waals surface area contributed by atoms with E-state index in [1.165, 1.54) is 6.08 Å². The fraction of sp³-hybridized carbons (Fsp3) is 0.125. The van der Waals surface area contributed by atoms with E-state index in [0.717, 1.165) is 5.56 Å². The van der Waals surface area contributed by atoms with Gasteiger partial charge in [-0.1, -0.05) is 50.3 Å². The monoisotopic (exact) mass is 392 g/mol. The second kappa shape index (κ2) is 7.53. The summed E-state index contributed by atoms with van der Waals surface area (Å²) in [5.41, 5.74) is 1.60. The number of carbonyl (C=O) groups is 1. The van der Waals surface area contributed by atoms with Crippen molar-refractivity contribution in [1.82, 2.24) is 0 Å². The maximum absolute atomic E-state index is 12.1. The van der Waals surface area contributed by atoms with Crippen LogP contribution in [-0.2, 0) is 0 Å². The zero-order chi connectivity index (χ0) is 13.8. The summed E-state index contributed by atoms with van der Waals surface area (Å²) in [7, 11) is 0. The Morgan fingerprint density at radius 3 is 2.50 bits per heavy atom. The summed E-state index contributed by atoms with van der Waals surface area (Å²) < 4.78 is 4.71. The van der Waals surface area contributed by atoms with Crippen molar-refractivity contribution in [3.63, 3.8) is 0 Å². The molecular weight excluding hydrogens is 379 g/mol. The third-order valence-corrected chi connectivity index (χ3v) is 2.91. The zero-order valence-electron chi connectivity index (χ0n) is 11.3. The molecule has 0 amide bonds. The Kier molecular flexibility index (Phi) is 6.33. The largest absolute Gasteiger partial charge is 0.552 e. The number of hydrogen-bond donors (Lipinski definition) is 0. The number of carbonyl (C=O) groups excluding carboxylic acids is 1. The Labute approximate surface area is 145 Å². The van der Waals surface area contributed by atoms with Gasteiger partial charge in [-0.15, -0.1) is 11.1 Å². The molecule has 0 atom stereocenters. The van der Waals surface area contributed by atoms with Crippen molar-refractivity contribution in [2.45, 2.75) is 13.8 Å². The Morgan fingerprint density at radius 1 is 1.20 bits per heavy atom. The second-order valence-corrected chi connectivity index (χ2v) is 4.22. The molecule has 0 aliphatic heterocycles. The first kappa shape index (κ1) is 16.8. The van der Waals surface area contributed by atoms with E-state index in [4.69, 9.17) is 4.42 Å². The predicted octanol–water partition coefficient (Wildman–Crippen LogP) is 2.95. The summed E-state index contributed by atoms with van der Waals surface area (Å²) in [6.45, 7) is 3.46. The minimum atomic E-state index is -0.647. The minimum absolute atomic E-state index is 0. The second-order valence-electron chi connectivity index (χ2n) is 4.22. The Morgan fingerprint density at radius 2 is 1.85 bits per heavy atom. The molecule has 0 saturated heterocycles. The van der Waals surface area contributed by atoms with Gasteiger partial charge in [-0.25, -0.2) is 0 Å². The summed E-state index contributed by atoms with van der Waals surface area (Å²) in [5.74, 6) is -0.354. The van der Waals surface area contributed by atoms with Crippen molar-refractivity contribution in [2.24, 2.45) is 0 Å².